The number of alkyl halides is 3. The van der Waals surface area contributed by atoms with Crippen LogP contribution in [0.25, 0.3) is 0 Å². The van der Waals surface area contributed by atoms with E-state index in [9.17, 15) is 22.8 Å². The third kappa shape index (κ3) is 6.19. The van der Waals surface area contributed by atoms with Gasteiger partial charge in [0, 0.05) is 12.4 Å². The number of aromatic nitrogens is 1. The normalized spacial score (nSPS) is 11.3. The Balaban J connectivity index is 2.73. The Morgan fingerprint density at radius 2 is 2.16 bits per heavy atom. The fourth-order valence-electron chi connectivity index (χ4n) is 1.34. The molecule has 1 heterocycles. The lowest BCUT2D eigenvalue weighted by Crippen LogP contribution is -2.32. The first kappa shape index (κ1) is 20.0. The monoisotopic (exact) mass is 377 g/mol. The van der Waals surface area contributed by atoms with E-state index in [0.717, 1.165) is 6.20 Å². The number of halogens is 4. The molecule has 25 heavy (non-hydrogen) atoms. The van der Waals surface area contributed by atoms with Crippen LogP contribution in [0.1, 0.15) is 12.5 Å². The topological polar surface area (TPSA) is 116 Å². The zero-order chi connectivity index (χ0) is 19.0. The molecule has 8 nitrogen and oxygen atoms in total. The van der Waals surface area contributed by atoms with E-state index in [2.05, 4.69) is 20.6 Å². The highest BCUT2D eigenvalue weighted by Gasteiger charge is 2.31. The van der Waals surface area contributed by atoms with Crippen LogP contribution in [-0.4, -0.2) is 23.6 Å². The van der Waals surface area contributed by atoms with E-state index in [-0.39, 0.29) is 17.4 Å². The molecule has 0 atom stereocenters. The summed E-state index contributed by atoms with van der Waals surface area (Å²) < 4.78 is 41.9. The molecule has 0 aliphatic carbocycles. The quantitative estimate of drug-likeness (QED) is 0.409. The van der Waals surface area contributed by atoms with Crippen molar-refractivity contribution in [3.05, 3.63) is 34.6 Å². The number of imide groups is 1. The fourth-order valence-corrected chi connectivity index (χ4v) is 1.55. The zero-order valence-corrected chi connectivity index (χ0v) is 13.3. The molecule has 0 saturated carbocycles. The number of rotatable bonds is 5. The molecule has 2 amide bonds. The minimum absolute atomic E-state index is 0.0304. The molecular formula is C13H11ClF3N5O3. The Kier molecular flexibility index (Phi) is 7.01. The van der Waals surface area contributed by atoms with E-state index in [1.54, 1.807) is 5.32 Å². The zero-order valence-electron chi connectivity index (χ0n) is 12.6. The van der Waals surface area contributed by atoms with E-state index in [1.165, 1.54) is 13.0 Å². The van der Waals surface area contributed by atoms with Gasteiger partial charge in [0.1, 0.15) is 11.6 Å². The largest absolute Gasteiger partial charge is 0.450 e. The van der Waals surface area contributed by atoms with Gasteiger partial charge in [0.15, 0.2) is 5.82 Å². The van der Waals surface area contributed by atoms with Gasteiger partial charge in [-0.2, -0.15) is 18.4 Å². The summed E-state index contributed by atoms with van der Waals surface area (Å²) >= 11 is 5.66. The van der Waals surface area contributed by atoms with Crippen LogP contribution in [-0.2, 0) is 15.7 Å². The number of nitrogens with zero attached hydrogens (tertiary/aromatic N) is 2. The molecule has 0 unspecified atom stereocenters. The molecule has 3 N–H and O–H groups in total. The SMILES string of the molecule is CCOC(=O)NC(=O)C(C#N)=CNNc1ncc(C(F)(F)F)cc1Cl. The summed E-state index contributed by atoms with van der Waals surface area (Å²) in [6.45, 7) is 1.56. The van der Waals surface area contributed by atoms with Gasteiger partial charge in [-0.25, -0.2) is 9.78 Å². The number of pyridine rings is 1. The number of nitriles is 1. The third-order valence-corrected chi connectivity index (χ3v) is 2.72. The molecule has 0 radical (unpaired) electrons. The second kappa shape index (κ2) is 8.74. The number of ether oxygens (including phenoxy) is 1. The van der Waals surface area contributed by atoms with Crippen LogP contribution in [0.3, 0.4) is 0 Å². The molecule has 12 heteroatoms. The molecule has 0 spiro atoms. The fraction of sp³-hybridized carbons (Fsp3) is 0.231. The van der Waals surface area contributed by atoms with Crippen molar-refractivity contribution in [2.75, 3.05) is 12.0 Å². The van der Waals surface area contributed by atoms with Crippen LogP contribution in [0.4, 0.5) is 23.8 Å². The van der Waals surface area contributed by atoms with Gasteiger partial charge in [-0.05, 0) is 13.0 Å². The Bertz CT molecular complexity index is 731. The van der Waals surface area contributed by atoms with Gasteiger partial charge in [-0.1, -0.05) is 11.6 Å². The van der Waals surface area contributed by atoms with Crippen molar-refractivity contribution in [3.8, 4) is 6.07 Å². The number of carbonyl (C=O) groups excluding carboxylic acids is 2. The lowest BCUT2D eigenvalue weighted by Gasteiger charge is -2.10. The minimum Gasteiger partial charge on any atom is -0.450 e. The number of nitrogens with one attached hydrogen (secondary N) is 3. The summed E-state index contributed by atoms with van der Waals surface area (Å²) in [5.41, 5.74) is 3.02. The van der Waals surface area contributed by atoms with Crippen LogP contribution in [0.5, 0.6) is 0 Å². The number of amides is 2. The van der Waals surface area contributed by atoms with Crippen molar-refractivity contribution in [3.63, 3.8) is 0 Å². The third-order valence-electron chi connectivity index (χ3n) is 2.43. The molecule has 0 saturated heterocycles. The van der Waals surface area contributed by atoms with Gasteiger partial charge >= 0.3 is 12.3 Å². The van der Waals surface area contributed by atoms with E-state index >= 15 is 0 Å². The Labute approximate surface area is 144 Å². The number of carbonyl (C=O) groups is 2. The molecule has 0 aliphatic rings. The Morgan fingerprint density at radius 3 is 2.68 bits per heavy atom. The molecule has 1 aromatic heterocycles. The van der Waals surface area contributed by atoms with E-state index < -0.39 is 29.3 Å². The second-order valence-electron chi connectivity index (χ2n) is 4.17. The highest BCUT2D eigenvalue weighted by Crippen LogP contribution is 2.32. The predicted octanol–water partition coefficient (Wildman–Crippen LogP) is 2.35. The van der Waals surface area contributed by atoms with Crippen LogP contribution in [0.15, 0.2) is 24.0 Å². The first-order valence-electron chi connectivity index (χ1n) is 6.51. The van der Waals surface area contributed by atoms with Crippen molar-refractivity contribution in [2.24, 2.45) is 0 Å². The lowest BCUT2D eigenvalue weighted by molar-refractivity contribution is -0.137. The number of anilines is 1. The average molecular weight is 378 g/mol. The molecule has 134 valence electrons. The number of hydrogen-bond donors (Lipinski definition) is 3. The van der Waals surface area contributed by atoms with E-state index in [4.69, 9.17) is 16.9 Å². The Hall–Kier alpha value is -3.00. The van der Waals surface area contributed by atoms with Gasteiger partial charge in [0.25, 0.3) is 5.91 Å². The van der Waals surface area contributed by atoms with Gasteiger partial charge in [-0.3, -0.25) is 15.5 Å². The molecular weight excluding hydrogens is 367 g/mol. The van der Waals surface area contributed by atoms with Gasteiger partial charge in [0.05, 0.1) is 17.2 Å². The standard InChI is InChI=1S/C13H11ClF3N5O3/c1-2-25-12(24)21-11(23)7(4-18)5-20-22-10-9(14)3-8(6-19-10)13(15,16)17/h3,5-6,20H,2H2,1H3,(H,19,22)(H,21,23,24). The summed E-state index contributed by atoms with van der Waals surface area (Å²) in [6.07, 6.45) is -4.21. The summed E-state index contributed by atoms with van der Waals surface area (Å²) in [7, 11) is 0. The Morgan fingerprint density at radius 1 is 1.48 bits per heavy atom. The molecule has 1 rings (SSSR count). The maximum absolute atomic E-state index is 12.5. The predicted molar refractivity (Wildman–Crippen MR) is 79.9 cm³/mol. The first-order chi connectivity index (χ1) is 11.7. The highest BCUT2D eigenvalue weighted by atomic mass is 35.5. The highest BCUT2D eigenvalue weighted by molar-refractivity contribution is 6.32. The lowest BCUT2D eigenvalue weighted by atomic mass is 10.3. The number of hydrazine groups is 1. The van der Waals surface area contributed by atoms with Crippen LogP contribution < -0.4 is 16.2 Å². The van der Waals surface area contributed by atoms with Crippen LogP contribution in [0.2, 0.25) is 5.02 Å². The van der Waals surface area contributed by atoms with Crippen molar-refractivity contribution in [1.29, 1.82) is 5.26 Å². The van der Waals surface area contributed by atoms with Gasteiger partial charge in [0.2, 0.25) is 0 Å². The van der Waals surface area contributed by atoms with Crippen LogP contribution >= 0.6 is 11.6 Å². The summed E-state index contributed by atoms with van der Waals surface area (Å²) in [5.74, 6) is -1.21. The summed E-state index contributed by atoms with van der Waals surface area (Å²) in [6, 6.07) is 2.17. The average Bonchev–Trinajstić information content (AvgIpc) is 2.51. The summed E-state index contributed by atoms with van der Waals surface area (Å²) in [4.78, 5) is 26.1. The molecule has 0 aromatic carbocycles. The van der Waals surface area contributed by atoms with Gasteiger partial charge < -0.3 is 10.2 Å². The molecule has 0 aliphatic heterocycles. The molecule has 0 fully saturated rings. The summed E-state index contributed by atoms with van der Waals surface area (Å²) in [5, 5.41) is 10.3. The number of alkyl carbamates (subject to hydrolysis) is 1. The minimum atomic E-state index is -4.60. The van der Waals surface area contributed by atoms with Crippen molar-refractivity contribution < 1.29 is 27.5 Å². The molecule has 0 bridgehead atoms. The molecule has 1 aromatic rings. The number of hydrogen-bond acceptors (Lipinski definition) is 7. The van der Waals surface area contributed by atoms with Crippen molar-refractivity contribution in [2.45, 2.75) is 13.1 Å². The van der Waals surface area contributed by atoms with E-state index in [0.29, 0.717) is 12.3 Å². The van der Waals surface area contributed by atoms with Crippen LogP contribution in [0, 0.1) is 11.3 Å². The smallest absolute Gasteiger partial charge is 0.417 e. The van der Waals surface area contributed by atoms with E-state index in [1.807, 2.05) is 0 Å². The maximum atomic E-state index is 12.5. The first-order valence-corrected chi connectivity index (χ1v) is 6.89. The second-order valence-corrected chi connectivity index (χ2v) is 4.57. The maximum Gasteiger partial charge on any atom is 0.417 e. The van der Waals surface area contributed by atoms with Crippen molar-refractivity contribution in [1.82, 2.24) is 15.7 Å². The van der Waals surface area contributed by atoms with Crippen molar-refractivity contribution >= 4 is 29.4 Å². The van der Waals surface area contributed by atoms with Gasteiger partial charge in [-0.15, -0.1) is 0 Å².